The van der Waals surface area contributed by atoms with E-state index in [1.165, 1.54) is 6.07 Å². The average Bonchev–Trinajstić information content (AvgIpc) is 2.54. The van der Waals surface area contributed by atoms with Crippen molar-refractivity contribution in [1.82, 2.24) is 4.90 Å². The molecule has 0 spiro atoms. The van der Waals surface area contributed by atoms with Gasteiger partial charge in [-0.05, 0) is 23.8 Å². The third-order valence-corrected chi connectivity index (χ3v) is 4.08. The predicted molar refractivity (Wildman–Crippen MR) is 90.5 cm³/mol. The molecule has 110 valence electrons. The van der Waals surface area contributed by atoms with E-state index in [0.717, 1.165) is 16.8 Å². The predicted octanol–water partition coefficient (Wildman–Crippen LogP) is 5.28. The number of hydrogen-bond acceptors (Lipinski definition) is 1. The van der Waals surface area contributed by atoms with E-state index in [2.05, 4.69) is 6.58 Å². The summed E-state index contributed by atoms with van der Waals surface area (Å²) in [5.74, 6) is -0.267. The van der Waals surface area contributed by atoms with Gasteiger partial charge in [-0.15, -0.1) is 0 Å². The third kappa shape index (κ3) is 2.46. The highest BCUT2D eigenvalue weighted by Crippen LogP contribution is 2.39. The molecule has 0 atom stereocenters. The quantitative estimate of drug-likeness (QED) is 0.729. The summed E-state index contributed by atoms with van der Waals surface area (Å²) in [6.45, 7) is 3.98. The maximum absolute atomic E-state index is 14.3. The van der Waals surface area contributed by atoms with Gasteiger partial charge in [-0.1, -0.05) is 60.6 Å². The summed E-state index contributed by atoms with van der Waals surface area (Å²) in [6, 6.07) is 16.6. The number of hydrogen-bond donors (Lipinski definition) is 0. The van der Waals surface area contributed by atoms with Crippen LogP contribution >= 0.6 is 11.6 Å². The lowest BCUT2D eigenvalue weighted by atomic mass is 9.95. The second-order valence-corrected chi connectivity index (χ2v) is 5.51. The number of likely N-dealkylation sites (N-methyl/N-ethyl adjacent to an activating group) is 1. The molecule has 1 aliphatic heterocycles. The van der Waals surface area contributed by atoms with Crippen molar-refractivity contribution in [3.05, 3.63) is 94.9 Å². The molecule has 0 aromatic heterocycles. The van der Waals surface area contributed by atoms with Gasteiger partial charge in [-0.3, -0.25) is 0 Å². The Morgan fingerprint density at radius 1 is 1.00 bits per heavy atom. The van der Waals surface area contributed by atoms with Gasteiger partial charge in [-0.25, -0.2) is 4.39 Å². The Balaban J connectivity index is 2.31. The van der Waals surface area contributed by atoms with Crippen LogP contribution in [-0.4, -0.2) is 11.9 Å². The van der Waals surface area contributed by atoms with Gasteiger partial charge >= 0.3 is 0 Å². The van der Waals surface area contributed by atoms with E-state index in [4.69, 9.17) is 11.6 Å². The van der Waals surface area contributed by atoms with Crippen molar-refractivity contribution in [3.8, 4) is 0 Å². The summed E-state index contributed by atoms with van der Waals surface area (Å²) < 4.78 is 14.3. The molecule has 0 N–H and O–H groups in total. The van der Waals surface area contributed by atoms with Crippen LogP contribution in [0, 0.1) is 5.82 Å². The van der Waals surface area contributed by atoms with E-state index in [1.54, 1.807) is 12.1 Å². The van der Waals surface area contributed by atoms with Crippen LogP contribution in [0.25, 0.3) is 11.3 Å². The molecule has 2 aromatic carbocycles. The van der Waals surface area contributed by atoms with Crippen molar-refractivity contribution < 1.29 is 4.39 Å². The van der Waals surface area contributed by atoms with Crippen LogP contribution in [0.1, 0.15) is 11.1 Å². The summed E-state index contributed by atoms with van der Waals surface area (Å²) in [4.78, 5) is 1.84. The van der Waals surface area contributed by atoms with Gasteiger partial charge in [0, 0.05) is 18.2 Å². The van der Waals surface area contributed by atoms with Crippen molar-refractivity contribution in [2.45, 2.75) is 0 Å². The molecule has 2 aromatic rings. The molecule has 0 fully saturated rings. The molecular formula is C19H15ClFN. The normalized spacial score (nSPS) is 15.1. The van der Waals surface area contributed by atoms with Crippen molar-refractivity contribution >= 4 is 22.9 Å². The second kappa shape index (κ2) is 5.82. The average molecular weight is 312 g/mol. The van der Waals surface area contributed by atoms with E-state index < -0.39 is 0 Å². The van der Waals surface area contributed by atoms with E-state index in [9.17, 15) is 4.39 Å². The standard InChI is InChI=1S/C19H15ClFN/c1-13-17(20)12-16(14-8-4-3-5-9-14)19(22(13)2)15-10-6-7-11-18(15)21/h3-12H,1H2,2H3. The van der Waals surface area contributed by atoms with Crippen LogP contribution < -0.4 is 0 Å². The zero-order valence-corrected chi connectivity index (χ0v) is 12.9. The Bertz CT molecular complexity index is 790. The van der Waals surface area contributed by atoms with Crippen molar-refractivity contribution in [3.63, 3.8) is 0 Å². The molecule has 3 heteroatoms. The minimum Gasteiger partial charge on any atom is -0.343 e. The fourth-order valence-electron chi connectivity index (χ4n) is 2.57. The minimum absolute atomic E-state index is 0.267. The molecule has 0 aliphatic carbocycles. The highest BCUT2D eigenvalue weighted by Gasteiger charge is 2.24. The van der Waals surface area contributed by atoms with Crippen LogP contribution in [-0.2, 0) is 0 Å². The molecule has 3 rings (SSSR count). The lowest BCUT2D eigenvalue weighted by Gasteiger charge is -2.31. The minimum atomic E-state index is -0.267. The first-order valence-corrected chi connectivity index (χ1v) is 7.32. The van der Waals surface area contributed by atoms with Gasteiger partial charge in [0.05, 0.1) is 16.4 Å². The van der Waals surface area contributed by atoms with Gasteiger partial charge < -0.3 is 4.90 Å². The van der Waals surface area contributed by atoms with E-state index in [-0.39, 0.29) is 5.82 Å². The van der Waals surface area contributed by atoms with Gasteiger partial charge in [0.1, 0.15) is 5.82 Å². The number of nitrogens with zero attached hydrogens (tertiary/aromatic N) is 1. The zero-order chi connectivity index (χ0) is 15.7. The van der Waals surface area contributed by atoms with Crippen LogP contribution in [0.4, 0.5) is 4.39 Å². The topological polar surface area (TPSA) is 3.24 Å². The molecule has 1 nitrogen and oxygen atoms in total. The highest BCUT2D eigenvalue weighted by molar-refractivity contribution is 6.33. The van der Waals surface area contributed by atoms with Crippen LogP contribution in [0.3, 0.4) is 0 Å². The molecule has 1 aliphatic rings. The molecule has 1 heterocycles. The van der Waals surface area contributed by atoms with Crippen molar-refractivity contribution in [2.75, 3.05) is 7.05 Å². The Morgan fingerprint density at radius 3 is 2.32 bits per heavy atom. The third-order valence-electron chi connectivity index (χ3n) is 3.76. The molecule has 0 saturated heterocycles. The fraction of sp³-hybridized carbons (Fsp3) is 0.0526. The maximum atomic E-state index is 14.3. The first-order valence-electron chi connectivity index (χ1n) is 6.94. The molecule has 22 heavy (non-hydrogen) atoms. The lowest BCUT2D eigenvalue weighted by Crippen LogP contribution is -2.21. The Morgan fingerprint density at radius 2 is 1.64 bits per heavy atom. The summed E-state index contributed by atoms with van der Waals surface area (Å²) in [5, 5.41) is 0.557. The highest BCUT2D eigenvalue weighted by atomic mass is 35.5. The first-order chi connectivity index (χ1) is 10.6. The van der Waals surface area contributed by atoms with Crippen molar-refractivity contribution in [2.24, 2.45) is 0 Å². The molecule has 0 bridgehead atoms. The lowest BCUT2D eigenvalue weighted by molar-refractivity contribution is 0.586. The second-order valence-electron chi connectivity index (χ2n) is 5.11. The fourth-order valence-corrected chi connectivity index (χ4v) is 2.81. The van der Waals surface area contributed by atoms with Gasteiger partial charge in [0.2, 0.25) is 0 Å². The molecule has 0 radical (unpaired) electrons. The van der Waals surface area contributed by atoms with Gasteiger partial charge in [-0.2, -0.15) is 0 Å². The van der Waals surface area contributed by atoms with E-state index in [0.29, 0.717) is 16.3 Å². The summed E-state index contributed by atoms with van der Waals surface area (Å²) in [5.41, 5.74) is 3.81. The maximum Gasteiger partial charge on any atom is 0.132 e. The summed E-state index contributed by atoms with van der Waals surface area (Å²) in [6.07, 6.45) is 1.85. The molecule has 0 amide bonds. The largest absolute Gasteiger partial charge is 0.343 e. The number of allylic oxidation sites excluding steroid dienone is 3. The van der Waals surface area contributed by atoms with E-state index >= 15 is 0 Å². The summed E-state index contributed by atoms with van der Waals surface area (Å²) in [7, 11) is 1.85. The van der Waals surface area contributed by atoms with Gasteiger partial charge in [0.25, 0.3) is 0 Å². The molecular weight excluding hydrogens is 297 g/mol. The number of rotatable bonds is 2. The SMILES string of the molecule is C=C1C(Cl)=CC(c2ccccc2)=C(c2ccccc2F)N1C. The van der Waals surface area contributed by atoms with Crippen molar-refractivity contribution in [1.29, 1.82) is 0 Å². The molecule has 0 unspecified atom stereocenters. The number of halogens is 2. The first kappa shape index (κ1) is 14.6. The van der Waals surface area contributed by atoms with Crippen LogP contribution in [0.15, 0.2) is 78.0 Å². The number of benzene rings is 2. The Hall–Kier alpha value is -2.32. The van der Waals surface area contributed by atoms with Gasteiger partial charge in [0.15, 0.2) is 0 Å². The monoisotopic (exact) mass is 311 g/mol. The zero-order valence-electron chi connectivity index (χ0n) is 12.2. The Kier molecular flexibility index (Phi) is 3.86. The Labute approximate surface area is 134 Å². The smallest absolute Gasteiger partial charge is 0.132 e. The molecule has 0 saturated carbocycles. The van der Waals surface area contributed by atoms with Crippen LogP contribution in [0.5, 0.6) is 0 Å². The van der Waals surface area contributed by atoms with Crippen LogP contribution in [0.2, 0.25) is 0 Å². The summed E-state index contributed by atoms with van der Waals surface area (Å²) >= 11 is 6.29. The van der Waals surface area contributed by atoms with E-state index in [1.807, 2.05) is 54.4 Å².